The van der Waals surface area contributed by atoms with Gasteiger partial charge in [-0.15, -0.1) is 0 Å². The molecule has 3 rings (SSSR count). The van der Waals surface area contributed by atoms with Gasteiger partial charge in [0, 0.05) is 16.4 Å². The number of nitrogens with two attached hydrogens (primary N) is 1. The molecule has 2 aromatic rings. The first-order chi connectivity index (χ1) is 9.61. The summed E-state index contributed by atoms with van der Waals surface area (Å²) in [5, 5.41) is 0. The van der Waals surface area contributed by atoms with Crippen molar-refractivity contribution in [3.05, 3.63) is 28.5 Å². The lowest BCUT2D eigenvalue weighted by molar-refractivity contribution is 0.447. The zero-order chi connectivity index (χ0) is 14.3. The van der Waals surface area contributed by atoms with E-state index in [0.29, 0.717) is 17.9 Å². The Bertz CT molecular complexity index is 617. The van der Waals surface area contributed by atoms with Gasteiger partial charge in [-0.05, 0) is 57.4 Å². The third-order valence-electron chi connectivity index (χ3n) is 4.49. The number of nitrogens with zero attached hydrogens (tertiary/aromatic N) is 2. The molecule has 0 saturated heterocycles. The summed E-state index contributed by atoms with van der Waals surface area (Å²) in [4.78, 5) is 4.95. The van der Waals surface area contributed by atoms with E-state index in [9.17, 15) is 0 Å². The summed E-state index contributed by atoms with van der Waals surface area (Å²) in [5.41, 5.74) is 8.29. The van der Waals surface area contributed by atoms with Crippen LogP contribution in [0.1, 0.15) is 50.9 Å². The van der Waals surface area contributed by atoms with Crippen LogP contribution in [-0.2, 0) is 0 Å². The first-order valence-electron chi connectivity index (χ1n) is 7.49. The molecule has 2 N–H and O–H groups in total. The average molecular weight is 336 g/mol. The summed E-state index contributed by atoms with van der Waals surface area (Å²) in [7, 11) is 0. The second-order valence-corrected chi connectivity index (χ2v) is 7.02. The minimum Gasteiger partial charge on any atom is -0.330 e. The van der Waals surface area contributed by atoms with Gasteiger partial charge < -0.3 is 10.3 Å². The normalized spacial score (nSPS) is 23.1. The molecule has 1 saturated carbocycles. The van der Waals surface area contributed by atoms with Crippen LogP contribution in [0.4, 0.5) is 0 Å². The van der Waals surface area contributed by atoms with Crippen molar-refractivity contribution in [1.82, 2.24) is 9.55 Å². The number of halogens is 1. The van der Waals surface area contributed by atoms with Crippen LogP contribution in [0.25, 0.3) is 11.0 Å². The van der Waals surface area contributed by atoms with E-state index in [1.165, 1.54) is 30.6 Å². The maximum absolute atomic E-state index is 5.96. The highest BCUT2D eigenvalue weighted by Crippen LogP contribution is 2.40. The maximum Gasteiger partial charge on any atom is 0.113 e. The van der Waals surface area contributed by atoms with Gasteiger partial charge in [-0.3, -0.25) is 0 Å². The quantitative estimate of drug-likeness (QED) is 0.912. The van der Waals surface area contributed by atoms with Crippen molar-refractivity contribution in [2.75, 3.05) is 6.54 Å². The van der Waals surface area contributed by atoms with Crippen molar-refractivity contribution < 1.29 is 0 Å². The van der Waals surface area contributed by atoms with Crippen LogP contribution in [-0.4, -0.2) is 16.1 Å². The molecule has 3 nitrogen and oxygen atoms in total. The number of hydrogen-bond acceptors (Lipinski definition) is 2. The first kappa shape index (κ1) is 14.1. The smallest absolute Gasteiger partial charge is 0.113 e. The van der Waals surface area contributed by atoms with Crippen molar-refractivity contribution in [2.45, 2.75) is 45.1 Å². The minimum absolute atomic E-state index is 0.426. The number of fused-ring (bicyclic) bond motifs is 1. The summed E-state index contributed by atoms with van der Waals surface area (Å²) < 4.78 is 3.49. The van der Waals surface area contributed by atoms with Gasteiger partial charge in [0.2, 0.25) is 0 Å². The number of rotatable bonds is 3. The lowest BCUT2D eigenvalue weighted by atomic mass is 9.95. The van der Waals surface area contributed by atoms with Crippen molar-refractivity contribution >= 4 is 27.0 Å². The summed E-state index contributed by atoms with van der Waals surface area (Å²) in [6, 6.07) is 6.81. The third-order valence-corrected chi connectivity index (χ3v) is 4.98. The Balaban J connectivity index is 2.16. The molecule has 1 fully saturated rings. The van der Waals surface area contributed by atoms with Crippen molar-refractivity contribution in [3.63, 3.8) is 0 Å². The predicted octanol–water partition coefficient (Wildman–Crippen LogP) is 4.22. The van der Waals surface area contributed by atoms with E-state index in [4.69, 9.17) is 10.7 Å². The van der Waals surface area contributed by atoms with Crippen LogP contribution in [0.15, 0.2) is 22.7 Å². The molecule has 0 amide bonds. The van der Waals surface area contributed by atoms with Gasteiger partial charge in [0.15, 0.2) is 0 Å². The van der Waals surface area contributed by atoms with Crippen LogP contribution in [0.5, 0.6) is 0 Å². The van der Waals surface area contributed by atoms with Crippen LogP contribution in [0.2, 0.25) is 0 Å². The van der Waals surface area contributed by atoms with Crippen molar-refractivity contribution in [3.8, 4) is 0 Å². The van der Waals surface area contributed by atoms with E-state index < -0.39 is 0 Å². The number of imidazole rings is 1. The highest BCUT2D eigenvalue weighted by atomic mass is 79.9. The SMILES string of the molecule is CC(C)n1c(C2CCCC2CN)nc2cc(Br)ccc21. The second-order valence-electron chi connectivity index (χ2n) is 6.10. The maximum atomic E-state index is 5.96. The molecule has 108 valence electrons. The van der Waals surface area contributed by atoms with Gasteiger partial charge in [-0.1, -0.05) is 22.4 Å². The third kappa shape index (κ3) is 2.29. The molecule has 1 aliphatic carbocycles. The Morgan fingerprint density at radius 2 is 2.20 bits per heavy atom. The highest BCUT2D eigenvalue weighted by molar-refractivity contribution is 9.10. The molecule has 1 aliphatic rings. The van der Waals surface area contributed by atoms with Gasteiger partial charge in [-0.25, -0.2) is 4.98 Å². The van der Waals surface area contributed by atoms with E-state index in [1.807, 2.05) is 0 Å². The van der Waals surface area contributed by atoms with Crippen LogP contribution in [0, 0.1) is 5.92 Å². The van der Waals surface area contributed by atoms with Crippen LogP contribution in [0.3, 0.4) is 0 Å². The largest absolute Gasteiger partial charge is 0.330 e. The highest BCUT2D eigenvalue weighted by Gasteiger charge is 2.32. The Morgan fingerprint density at radius 3 is 2.90 bits per heavy atom. The molecule has 20 heavy (non-hydrogen) atoms. The lowest BCUT2D eigenvalue weighted by Gasteiger charge is -2.21. The molecule has 2 unspecified atom stereocenters. The molecule has 1 aromatic carbocycles. The molecule has 1 aromatic heterocycles. The van der Waals surface area contributed by atoms with Gasteiger partial charge in [0.1, 0.15) is 5.82 Å². The Kier molecular flexibility index (Phi) is 3.87. The zero-order valence-corrected chi connectivity index (χ0v) is 13.7. The van der Waals surface area contributed by atoms with Crippen LogP contribution < -0.4 is 5.73 Å². The van der Waals surface area contributed by atoms with E-state index >= 15 is 0 Å². The Labute approximate surface area is 128 Å². The summed E-state index contributed by atoms with van der Waals surface area (Å²) in [6.07, 6.45) is 3.74. The van der Waals surface area contributed by atoms with E-state index in [2.05, 4.69) is 52.5 Å². The molecule has 2 atom stereocenters. The molecule has 0 bridgehead atoms. The average Bonchev–Trinajstić information content (AvgIpc) is 3.00. The predicted molar refractivity (Wildman–Crippen MR) is 87.0 cm³/mol. The number of benzene rings is 1. The molecule has 0 radical (unpaired) electrons. The molecular formula is C16H22BrN3. The monoisotopic (exact) mass is 335 g/mol. The standard InChI is InChI=1S/C16H22BrN3/c1-10(2)20-15-7-6-12(17)8-14(15)19-16(20)13-5-3-4-11(13)9-18/h6-8,10-11,13H,3-5,9,18H2,1-2H3. The molecule has 0 aliphatic heterocycles. The first-order valence-corrected chi connectivity index (χ1v) is 8.28. The van der Waals surface area contributed by atoms with Crippen LogP contribution >= 0.6 is 15.9 Å². The Hall–Kier alpha value is -0.870. The van der Waals surface area contributed by atoms with E-state index in [1.54, 1.807) is 0 Å². The van der Waals surface area contributed by atoms with Crippen molar-refractivity contribution in [2.24, 2.45) is 11.7 Å². The molecule has 4 heteroatoms. The van der Waals surface area contributed by atoms with Gasteiger partial charge in [0.05, 0.1) is 11.0 Å². The van der Waals surface area contributed by atoms with Gasteiger partial charge >= 0.3 is 0 Å². The van der Waals surface area contributed by atoms with Gasteiger partial charge in [0.25, 0.3) is 0 Å². The van der Waals surface area contributed by atoms with E-state index in [0.717, 1.165) is 16.5 Å². The summed E-state index contributed by atoms with van der Waals surface area (Å²) >= 11 is 3.54. The fourth-order valence-corrected chi connectivity index (χ4v) is 3.90. The van der Waals surface area contributed by atoms with E-state index in [-0.39, 0.29) is 0 Å². The molecule has 0 spiro atoms. The fourth-order valence-electron chi connectivity index (χ4n) is 3.55. The summed E-state index contributed by atoms with van der Waals surface area (Å²) in [5.74, 6) is 2.35. The topological polar surface area (TPSA) is 43.8 Å². The zero-order valence-electron chi connectivity index (χ0n) is 12.1. The lowest BCUT2D eigenvalue weighted by Crippen LogP contribution is -2.20. The fraction of sp³-hybridized carbons (Fsp3) is 0.562. The van der Waals surface area contributed by atoms with Gasteiger partial charge in [-0.2, -0.15) is 0 Å². The Morgan fingerprint density at radius 1 is 1.40 bits per heavy atom. The number of hydrogen-bond donors (Lipinski definition) is 1. The molecule has 1 heterocycles. The minimum atomic E-state index is 0.426. The molecular weight excluding hydrogens is 314 g/mol. The second kappa shape index (κ2) is 5.49. The van der Waals surface area contributed by atoms with Crippen molar-refractivity contribution in [1.29, 1.82) is 0 Å². The summed E-state index contributed by atoms with van der Waals surface area (Å²) in [6.45, 7) is 5.24. The number of aromatic nitrogens is 2.